The highest BCUT2D eigenvalue weighted by molar-refractivity contribution is 5.87. The lowest BCUT2D eigenvalue weighted by Gasteiger charge is -2.36. The number of amides is 3. The van der Waals surface area contributed by atoms with E-state index in [4.69, 9.17) is 4.74 Å². The lowest BCUT2D eigenvalue weighted by atomic mass is 10.0. The number of aromatic amines is 1. The second kappa shape index (κ2) is 8.33. The maximum Gasteiger partial charge on any atom is 0.318 e. The van der Waals surface area contributed by atoms with Gasteiger partial charge in [0.25, 0.3) is 0 Å². The van der Waals surface area contributed by atoms with Gasteiger partial charge in [-0.05, 0) is 25.7 Å². The van der Waals surface area contributed by atoms with Gasteiger partial charge in [-0.1, -0.05) is 6.92 Å². The van der Waals surface area contributed by atoms with Gasteiger partial charge in [-0.15, -0.1) is 0 Å². The molecule has 2 aliphatic rings. The molecule has 25 heavy (non-hydrogen) atoms. The van der Waals surface area contributed by atoms with Crippen molar-refractivity contribution in [3.8, 4) is 0 Å². The number of piperidine rings is 1. The highest BCUT2D eigenvalue weighted by Crippen LogP contribution is 2.28. The molecule has 1 aromatic rings. The maximum atomic E-state index is 12.8. The molecule has 8 heteroatoms. The Labute approximate surface area is 147 Å². The molecule has 0 aliphatic carbocycles. The highest BCUT2D eigenvalue weighted by atomic mass is 16.5. The molecule has 0 spiro atoms. The molecule has 8 nitrogen and oxygen atoms in total. The first-order chi connectivity index (χ1) is 12.2. The number of morpholine rings is 1. The molecular weight excluding hydrogens is 322 g/mol. The van der Waals surface area contributed by atoms with Crippen LogP contribution in [0.2, 0.25) is 0 Å². The lowest BCUT2D eigenvalue weighted by Crippen LogP contribution is -2.55. The number of urea groups is 1. The molecule has 0 bridgehead atoms. The minimum Gasteiger partial charge on any atom is -0.378 e. The molecule has 2 atom stereocenters. The number of imidazole rings is 1. The fourth-order valence-electron chi connectivity index (χ4n) is 3.49. The molecule has 3 heterocycles. The van der Waals surface area contributed by atoms with Crippen LogP contribution in [0.1, 0.15) is 44.5 Å². The molecule has 0 saturated carbocycles. The Morgan fingerprint density at radius 1 is 1.36 bits per heavy atom. The molecule has 2 aliphatic heterocycles. The van der Waals surface area contributed by atoms with E-state index in [1.54, 1.807) is 22.2 Å². The molecule has 1 aromatic heterocycles. The van der Waals surface area contributed by atoms with Crippen molar-refractivity contribution in [2.45, 2.75) is 44.7 Å². The van der Waals surface area contributed by atoms with Gasteiger partial charge >= 0.3 is 6.03 Å². The zero-order valence-electron chi connectivity index (χ0n) is 14.7. The fraction of sp³-hybridized carbons (Fsp3) is 0.706. The van der Waals surface area contributed by atoms with Crippen LogP contribution in [0.4, 0.5) is 4.79 Å². The predicted octanol–water partition coefficient (Wildman–Crippen LogP) is 1.28. The van der Waals surface area contributed by atoms with Crippen LogP contribution >= 0.6 is 0 Å². The number of nitrogens with zero attached hydrogens (tertiary/aromatic N) is 3. The van der Waals surface area contributed by atoms with Crippen molar-refractivity contribution in [2.24, 2.45) is 0 Å². The summed E-state index contributed by atoms with van der Waals surface area (Å²) in [5.74, 6) is 0.785. The summed E-state index contributed by atoms with van der Waals surface area (Å²) in [6.07, 6.45) is 6.97. The van der Waals surface area contributed by atoms with Gasteiger partial charge in [-0.2, -0.15) is 0 Å². The van der Waals surface area contributed by atoms with Crippen LogP contribution in [0.15, 0.2) is 12.4 Å². The summed E-state index contributed by atoms with van der Waals surface area (Å²) < 4.78 is 5.30. The van der Waals surface area contributed by atoms with Crippen LogP contribution in [-0.4, -0.2) is 70.6 Å². The Morgan fingerprint density at radius 3 is 2.84 bits per heavy atom. The van der Waals surface area contributed by atoms with E-state index in [1.165, 1.54) is 0 Å². The van der Waals surface area contributed by atoms with Gasteiger partial charge in [0, 0.05) is 32.0 Å². The van der Waals surface area contributed by atoms with E-state index in [9.17, 15) is 9.59 Å². The van der Waals surface area contributed by atoms with E-state index in [2.05, 4.69) is 15.3 Å². The largest absolute Gasteiger partial charge is 0.378 e. The second-order valence-corrected chi connectivity index (χ2v) is 6.53. The minimum absolute atomic E-state index is 0.0225. The molecule has 138 valence electrons. The van der Waals surface area contributed by atoms with Gasteiger partial charge in [-0.3, -0.25) is 4.79 Å². The summed E-state index contributed by atoms with van der Waals surface area (Å²) in [4.78, 5) is 36.5. The summed E-state index contributed by atoms with van der Waals surface area (Å²) in [6, 6.07) is -0.737. The number of carbonyl (C=O) groups excluding carboxylic acids is 2. The van der Waals surface area contributed by atoms with Gasteiger partial charge in [0.05, 0.1) is 19.3 Å². The van der Waals surface area contributed by atoms with Gasteiger partial charge in [0.2, 0.25) is 5.91 Å². The highest BCUT2D eigenvalue weighted by Gasteiger charge is 2.32. The van der Waals surface area contributed by atoms with Gasteiger partial charge in [-0.25, -0.2) is 9.78 Å². The predicted molar refractivity (Wildman–Crippen MR) is 91.9 cm³/mol. The number of aromatic nitrogens is 2. The summed E-state index contributed by atoms with van der Waals surface area (Å²) >= 11 is 0. The zero-order valence-corrected chi connectivity index (χ0v) is 14.7. The summed E-state index contributed by atoms with van der Waals surface area (Å²) in [5.41, 5.74) is 0. The van der Waals surface area contributed by atoms with E-state index in [-0.39, 0.29) is 18.0 Å². The molecule has 2 N–H and O–H groups in total. The first-order valence-electron chi connectivity index (χ1n) is 9.13. The number of nitrogens with one attached hydrogen (secondary N) is 2. The number of H-pyrrole nitrogens is 1. The van der Waals surface area contributed by atoms with E-state index in [1.807, 2.05) is 6.92 Å². The van der Waals surface area contributed by atoms with E-state index in [0.29, 0.717) is 39.3 Å². The molecule has 2 saturated heterocycles. The Morgan fingerprint density at radius 2 is 2.16 bits per heavy atom. The van der Waals surface area contributed by atoms with Crippen LogP contribution in [0.3, 0.4) is 0 Å². The van der Waals surface area contributed by atoms with Crippen LogP contribution in [0.5, 0.6) is 0 Å². The van der Waals surface area contributed by atoms with Crippen molar-refractivity contribution in [1.29, 1.82) is 0 Å². The quantitative estimate of drug-likeness (QED) is 0.857. The standard InChI is InChI=1S/C17H27N5O3/c1-2-13(16(23)21-9-11-25-12-10-21)20-17(24)22-8-4-3-5-14(22)15-18-6-7-19-15/h6-7,13-14H,2-5,8-12H2,1H3,(H,18,19)(H,20,24)/t13-,14+/m1/s1. The van der Waals surface area contributed by atoms with Gasteiger partial charge in [0.15, 0.2) is 0 Å². The van der Waals surface area contributed by atoms with Crippen LogP contribution in [0, 0.1) is 0 Å². The van der Waals surface area contributed by atoms with Crippen LogP contribution in [0.25, 0.3) is 0 Å². The number of likely N-dealkylation sites (tertiary alicyclic amines) is 1. The van der Waals surface area contributed by atoms with Crippen molar-refractivity contribution < 1.29 is 14.3 Å². The molecule has 0 aromatic carbocycles. The maximum absolute atomic E-state index is 12.8. The third-order valence-corrected chi connectivity index (χ3v) is 4.93. The minimum atomic E-state index is -0.496. The first kappa shape index (κ1) is 17.7. The van der Waals surface area contributed by atoms with Crippen molar-refractivity contribution >= 4 is 11.9 Å². The summed E-state index contributed by atoms with van der Waals surface area (Å²) in [5, 5.41) is 2.94. The van der Waals surface area contributed by atoms with E-state index in [0.717, 1.165) is 25.1 Å². The molecule has 2 fully saturated rings. The monoisotopic (exact) mass is 349 g/mol. The van der Waals surface area contributed by atoms with E-state index >= 15 is 0 Å². The van der Waals surface area contributed by atoms with Gasteiger partial charge < -0.3 is 24.8 Å². The van der Waals surface area contributed by atoms with Crippen LogP contribution in [-0.2, 0) is 9.53 Å². The lowest BCUT2D eigenvalue weighted by molar-refractivity contribution is -0.137. The normalized spacial score (nSPS) is 22.5. The molecule has 3 rings (SSSR count). The van der Waals surface area contributed by atoms with E-state index < -0.39 is 6.04 Å². The molecule has 0 radical (unpaired) electrons. The number of rotatable bonds is 4. The summed E-state index contributed by atoms with van der Waals surface area (Å²) in [6.45, 7) is 4.89. The smallest absolute Gasteiger partial charge is 0.318 e. The SMILES string of the molecule is CC[C@@H](NC(=O)N1CCCC[C@H]1c1ncc[nH]1)C(=O)N1CCOCC1. The average Bonchev–Trinajstić information content (AvgIpc) is 3.20. The summed E-state index contributed by atoms with van der Waals surface area (Å²) in [7, 11) is 0. The Bertz CT molecular complexity index is 571. The Kier molecular flexibility index (Phi) is 5.91. The Hall–Kier alpha value is -2.09. The number of hydrogen-bond acceptors (Lipinski definition) is 4. The van der Waals surface area contributed by atoms with Crippen LogP contribution < -0.4 is 5.32 Å². The van der Waals surface area contributed by atoms with Crippen molar-refractivity contribution in [3.05, 3.63) is 18.2 Å². The molecule has 3 amide bonds. The number of carbonyl (C=O) groups is 2. The second-order valence-electron chi connectivity index (χ2n) is 6.53. The van der Waals surface area contributed by atoms with Crippen molar-refractivity contribution in [1.82, 2.24) is 25.1 Å². The zero-order chi connectivity index (χ0) is 17.6. The van der Waals surface area contributed by atoms with Crippen molar-refractivity contribution in [3.63, 3.8) is 0 Å². The fourth-order valence-corrected chi connectivity index (χ4v) is 3.49. The average molecular weight is 349 g/mol. The molecule has 0 unspecified atom stereocenters. The molecular formula is C17H27N5O3. The first-order valence-corrected chi connectivity index (χ1v) is 9.13. The third kappa shape index (κ3) is 4.12. The third-order valence-electron chi connectivity index (χ3n) is 4.93. The van der Waals surface area contributed by atoms with Gasteiger partial charge in [0.1, 0.15) is 11.9 Å². The Balaban J connectivity index is 1.64. The number of ether oxygens (including phenoxy) is 1. The number of hydrogen-bond donors (Lipinski definition) is 2. The van der Waals surface area contributed by atoms with Crippen molar-refractivity contribution in [2.75, 3.05) is 32.8 Å². The topological polar surface area (TPSA) is 90.6 Å².